The van der Waals surface area contributed by atoms with Crippen LogP contribution in [0.4, 0.5) is 0 Å². The number of carbonyl (C=O) groups is 3. The Balaban J connectivity index is 1.93. The number of hydrogen-bond acceptors (Lipinski definition) is 7. The molecule has 1 aromatic rings. The lowest BCUT2D eigenvalue weighted by Gasteiger charge is -2.35. The number of Topliss-reactive ketones (excluding diaryl/α,β-unsaturated/α-hetero) is 2. The lowest BCUT2D eigenvalue weighted by molar-refractivity contribution is -0.119. The zero-order valence-electron chi connectivity index (χ0n) is 10.2. The molecular weight excluding hydrogens is 304 g/mol. The molecular formula is C11H9ClN4O3S. The van der Waals surface area contributed by atoms with Crippen molar-refractivity contribution < 1.29 is 14.4 Å². The molecule has 0 atom stereocenters. The van der Waals surface area contributed by atoms with Crippen LogP contribution < -0.4 is 0 Å². The van der Waals surface area contributed by atoms with Gasteiger partial charge in [-0.1, -0.05) is 11.6 Å². The van der Waals surface area contributed by atoms with Crippen molar-refractivity contribution in [1.82, 2.24) is 18.5 Å². The highest BCUT2D eigenvalue weighted by Gasteiger charge is 2.38. The first-order valence-corrected chi connectivity index (χ1v) is 7.00. The molecule has 1 amide bonds. The second-order valence-corrected chi connectivity index (χ2v) is 5.32. The molecule has 0 aromatic carbocycles. The Kier molecular flexibility index (Phi) is 3.27. The van der Waals surface area contributed by atoms with E-state index in [0.29, 0.717) is 26.2 Å². The maximum absolute atomic E-state index is 12.4. The SMILES string of the molecule is O=CN1CCN(C2=C(Cl)C(=O)c3nsnc3C2=O)CC1. The molecule has 2 aliphatic rings. The average Bonchev–Trinajstić information content (AvgIpc) is 2.96. The van der Waals surface area contributed by atoms with Crippen molar-refractivity contribution in [3.63, 3.8) is 0 Å². The zero-order chi connectivity index (χ0) is 14.3. The molecule has 2 heterocycles. The van der Waals surface area contributed by atoms with Gasteiger partial charge in [0.1, 0.15) is 10.7 Å². The summed E-state index contributed by atoms with van der Waals surface area (Å²) in [7, 11) is 0. The molecule has 9 heteroatoms. The summed E-state index contributed by atoms with van der Waals surface area (Å²) >= 11 is 6.86. The number of hydrogen-bond donors (Lipinski definition) is 0. The quantitative estimate of drug-likeness (QED) is 0.722. The highest BCUT2D eigenvalue weighted by Crippen LogP contribution is 2.29. The van der Waals surface area contributed by atoms with E-state index in [1.165, 1.54) is 0 Å². The standard InChI is InChI=1S/C11H9ClN4O3S/c12-6-9(16-3-1-15(5-17)2-4-16)11(19)8-7(10(6)18)13-20-14-8/h5H,1-4H2. The van der Waals surface area contributed by atoms with E-state index < -0.39 is 5.78 Å². The van der Waals surface area contributed by atoms with Gasteiger partial charge in [0.15, 0.2) is 11.4 Å². The van der Waals surface area contributed by atoms with Crippen LogP contribution in [-0.2, 0) is 4.79 Å². The predicted molar refractivity (Wildman–Crippen MR) is 70.7 cm³/mol. The van der Waals surface area contributed by atoms with Gasteiger partial charge in [-0.15, -0.1) is 0 Å². The maximum Gasteiger partial charge on any atom is 0.232 e. The fourth-order valence-corrected chi connectivity index (χ4v) is 3.08. The van der Waals surface area contributed by atoms with Gasteiger partial charge >= 0.3 is 0 Å². The molecule has 1 fully saturated rings. The summed E-state index contributed by atoms with van der Waals surface area (Å²) in [5, 5.41) is -0.116. The van der Waals surface area contributed by atoms with Crippen LogP contribution in [0.1, 0.15) is 21.0 Å². The monoisotopic (exact) mass is 312 g/mol. The maximum atomic E-state index is 12.4. The lowest BCUT2D eigenvalue weighted by atomic mass is 10.0. The third-order valence-corrected chi connectivity index (χ3v) is 4.20. The number of fused-ring (bicyclic) bond motifs is 1. The molecule has 0 radical (unpaired) electrons. The van der Waals surface area contributed by atoms with E-state index in [0.717, 1.165) is 18.1 Å². The first-order valence-electron chi connectivity index (χ1n) is 5.89. The summed E-state index contributed by atoms with van der Waals surface area (Å²) in [6, 6.07) is 0. The normalized spacial score (nSPS) is 19.4. The first-order chi connectivity index (χ1) is 9.63. The Morgan fingerprint density at radius 2 is 1.65 bits per heavy atom. The molecule has 7 nitrogen and oxygen atoms in total. The fourth-order valence-electron chi connectivity index (χ4n) is 2.24. The summed E-state index contributed by atoms with van der Waals surface area (Å²) < 4.78 is 7.68. The minimum absolute atomic E-state index is 0.0280. The van der Waals surface area contributed by atoms with E-state index >= 15 is 0 Å². The van der Waals surface area contributed by atoms with Gasteiger partial charge in [0.05, 0.1) is 11.7 Å². The third kappa shape index (κ3) is 1.92. The molecule has 1 aromatic heterocycles. The lowest BCUT2D eigenvalue weighted by Crippen LogP contribution is -2.47. The van der Waals surface area contributed by atoms with Crippen LogP contribution in [-0.4, -0.2) is 62.7 Å². The summed E-state index contributed by atoms with van der Waals surface area (Å²) in [4.78, 5) is 38.5. The number of piperazine rings is 1. The number of carbonyl (C=O) groups excluding carboxylic acids is 3. The Morgan fingerprint density at radius 3 is 2.25 bits per heavy atom. The Hall–Kier alpha value is -1.80. The van der Waals surface area contributed by atoms with Gasteiger partial charge in [0.25, 0.3) is 0 Å². The average molecular weight is 313 g/mol. The van der Waals surface area contributed by atoms with Crippen LogP contribution in [0.25, 0.3) is 0 Å². The van der Waals surface area contributed by atoms with Crippen molar-refractivity contribution in [3.05, 3.63) is 22.1 Å². The van der Waals surface area contributed by atoms with Crippen LogP contribution >= 0.6 is 23.3 Å². The van der Waals surface area contributed by atoms with Crippen molar-refractivity contribution >= 4 is 41.3 Å². The zero-order valence-corrected chi connectivity index (χ0v) is 11.8. The molecule has 1 aliphatic heterocycles. The topological polar surface area (TPSA) is 83.5 Å². The van der Waals surface area contributed by atoms with E-state index in [4.69, 9.17) is 11.6 Å². The molecule has 1 aliphatic carbocycles. The minimum Gasteiger partial charge on any atom is -0.363 e. The summed E-state index contributed by atoms with van der Waals surface area (Å²) in [5.41, 5.74) is 0.264. The molecule has 104 valence electrons. The van der Waals surface area contributed by atoms with Gasteiger partial charge in [0, 0.05) is 26.2 Å². The highest BCUT2D eigenvalue weighted by atomic mass is 35.5. The van der Waals surface area contributed by atoms with E-state index in [-0.39, 0.29) is 27.9 Å². The number of ketones is 2. The van der Waals surface area contributed by atoms with Crippen molar-refractivity contribution in [2.24, 2.45) is 0 Å². The molecule has 0 unspecified atom stereocenters. The molecule has 0 N–H and O–H groups in total. The van der Waals surface area contributed by atoms with E-state index in [9.17, 15) is 14.4 Å². The third-order valence-electron chi connectivity index (χ3n) is 3.32. The van der Waals surface area contributed by atoms with Crippen LogP contribution in [0.15, 0.2) is 10.7 Å². The molecule has 0 saturated carbocycles. The van der Waals surface area contributed by atoms with Crippen LogP contribution in [0, 0.1) is 0 Å². The second-order valence-electron chi connectivity index (χ2n) is 4.41. The van der Waals surface area contributed by atoms with Crippen LogP contribution in [0.2, 0.25) is 0 Å². The number of halogens is 1. The van der Waals surface area contributed by atoms with Gasteiger partial charge in [-0.05, 0) is 0 Å². The van der Waals surface area contributed by atoms with Crippen LogP contribution in [0.5, 0.6) is 0 Å². The fraction of sp³-hybridized carbons (Fsp3) is 0.364. The molecule has 20 heavy (non-hydrogen) atoms. The van der Waals surface area contributed by atoms with E-state index in [1.807, 2.05) is 0 Å². The Bertz CT molecular complexity index is 633. The van der Waals surface area contributed by atoms with Gasteiger partial charge in [-0.2, -0.15) is 8.75 Å². The van der Waals surface area contributed by atoms with Gasteiger partial charge in [-0.25, -0.2) is 0 Å². The van der Waals surface area contributed by atoms with E-state index in [2.05, 4.69) is 8.75 Å². The minimum atomic E-state index is -0.470. The molecule has 3 rings (SSSR count). The largest absolute Gasteiger partial charge is 0.363 e. The number of aromatic nitrogens is 2. The number of amides is 1. The van der Waals surface area contributed by atoms with Crippen molar-refractivity contribution in [2.45, 2.75) is 0 Å². The highest BCUT2D eigenvalue weighted by molar-refractivity contribution is 6.99. The number of allylic oxidation sites excluding steroid dienone is 2. The Morgan fingerprint density at radius 1 is 1.05 bits per heavy atom. The molecule has 1 saturated heterocycles. The predicted octanol–water partition coefficient (Wildman–Crippen LogP) is 0.142. The number of nitrogens with zero attached hydrogens (tertiary/aromatic N) is 4. The second kappa shape index (κ2) is 4.95. The summed E-state index contributed by atoms with van der Waals surface area (Å²) in [5.74, 6) is -0.847. The first kappa shape index (κ1) is 13.2. The van der Waals surface area contributed by atoms with Gasteiger partial charge < -0.3 is 9.80 Å². The smallest absolute Gasteiger partial charge is 0.232 e. The van der Waals surface area contributed by atoms with Crippen LogP contribution in [0.3, 0.4) is 0 Å². The molecule has 0 spiro atoms. The van der Waals surface area contributed by atoms with Gasteiger partial charge in [-0.3, -0.25) is 14.4 Å². The van der Waals surface area contributed by atoms with Gasteiger partial charge in [0.2, 0.25) is 18.0 Å². The van der Waals surface area contributed by atoms with E-state index in [1.54, 1.807) is 9.80 Å². The van der Waals surface area contributed by atoms with Crippen molar-refractivity contribution in [3.8, 4) is 0 Å². The Labute approximate surface area is 123 Å². The number of rotatable bonds is 2. The molecule has 0 bridgehead atoms. The summed E-state index contributed by atoms with van der Waals surface area (Å²) in [6.45, 7) is 1.88. The van der Waals surface area contributed by atoms with Crippen molar-refractivity contribution in [2.75, 3.05) is 26.2 Å². The van der Waals surface area contributed by atoms with Crippen molar-refractivity contribution in [1.29, 1.82) is 0 Å². The summed E-state index contributed by atoms with van der Waals surface area (Å²) in [6.07, 6.45) is 0.767.